The number of aryl methyl sites for hydroxylation is 1. The maximum atomic E-state index is 4.51. The van der Waals surface area contributed by atoms with E-state index in [9.17, 15) is 0 Å². The van der Waals surface area contributed by atoms with Crippen LogP contribution >= 0.6 is 11.3 Å². The van der Waals surface area contributed by atoms with E-state index >= 15 is 0 Å². The highest BCUT2D eigenvalue weighted by Gasteiger charge is 2.11. The Hall–Kier alpha value is -1.20. The van der Waals surface area contributed by atoms with E-state index in [-0.39, 0.29) is 0 Å². The van der Waals surface area contributed by atoms with Crippen molar-refractivity contribution in [3.8, 4) is 0 Å². The minimum Gasteiger partial charge on any atom is -0.368 e. The summed E-state index contributed by atoms with van der Waals surface area (Å²) >= 11 is 1.66. The zero-order chi connectivity index (χ0) is 13.1. The molecule has 0 fully saturated rings. The normalized spacial score (nSPS) is 13.2. The summed E-state index contributed by atoms with van der Waals surface area (Å²) in [6.07, 6.45) is 1.12. The minimum atomic E-state index is 0.522. The van der Waals surface area contributed by atoms with E-state index < -0.39 is 0 Å². The predicted octanol–water partition coefficient (Wildman–Crippen LogP) is 2.75. The topological polar surface area (TPSA) is 41.1 Å². The number of fused-ring (bicyclic) bond motifs is 1. The van der Waals surface area contributed by atoms with Crippen molar-refractivity contribution in [1.29, 1.82) is 0 Å². The van der Waals surface area contributed by atoms with Crippen LogP contribution < -0.4 is 5.32 Å². The standard InChI is InChI=1S/C13H20N4S/c1-5-10(17(3)4)8-14-12-11-6-7-18-13(11)16-9(2)15-12/h6-7,10H,5,8H2,1-4H3,(H,14,15,16). The van der Waals surface area contributed by atoms with Gasteiger partial charge in [-0.3, -0.25) is 0 Å². The van der Waals surface area contributed by atoms with Gasteiger partial charge < -0.3 is 10.2 Å². The number of nitrogens with one attached hydrogen (secondary N) is 1. The van der Waals surface area contributed by atoms with E-state index in [2.05, 4.69) is 52.7 Å². The van der Waals surface area contributed by atoms with Crippen LogP contribution in [0.15, 0.2) is 11.4 Å². The van der Waals surface area contributed by atoms with Crippen LogP contribution in [0.1, 0.15) is 19.2 Å². The van der Waals surface area contributed by atoms with Gasteiger partial charge in [0.1, 0.15) is 16.5 Å². The molecule has 5 heteroatoms. The molecule has 2 aromatic heterocycles. The highest BCUT2D eigenvalue weighted by molar-refractivity contribution is 7.16. The van der Waals surface area contributed by atoms with Crippen molar-refractivity contribution < 1.29 is 0 Å². The second-order valence-electron chi connectivity index (χ2n) is 4.67. The van der Waals surface area contributed by atoms with Gasteiger partial charge in [0, 0.05) is 12.6 Å². The first-order valence-electron chi connectivity index (χ1n) is 6.24. The van der Waals surface area contributed by atoms with Crippen molar-refractivity contribution >= 4 is 27.4 Å². The van der Waals surface area contributed by atoms with Gasteiger partial charge in [0.15, 0.2) is 0 Å². The first-order valence-corrected chi connectivity index (χ1v) is 7.12. The van der Waals surface area contributed by atoms with E-state index in [0.29, 0.717) is 6.04 Å². The monoisotopic (exact) mass is 264 g/mol. The Balaban J connectivity index is 2.18. The molecule has 98 valence electrons. The number of anilines is 1. The number of hydrogen-bond donors (Lipinski definition) is 1. The molecular formula is C13H20N4S. The van der Waals surface area contributed by atoms with Crippen LogP contribution in [0.5, 0.6) is 0 Å². The second-order valence-corrected chi connectivity index (χ2v) is 5.56. The van der Waals surface area contributed by atoms with Crippen LogP contribution in [-0.4, -0.2) is 41.5 Å². The van der Waals surface area contributed by atoms with E-state index in [4.69, 9.17) is 0 Å². The van der Waals surface area contributed by atoms with Gasteiger partial charge in [-0.25, -0.2) is 9.97 Å². The van der Waals surface area contributed by atoms with Crippen molar-refractivity contribution in [3.05, 3.63) is 17.3 Å². The molecule has 0 spiro atoms. The van der Waals surface area contributed by atoms with Crippen LogP contribution in [0.2, 0.25) is 0 Å². The molecule has 1 unspecified atom stereocenters. The van der Waals surface area contributed by atoms with Gasteiger partial charge in [0.25, 0.3) is 0 Å². The summed E-state index contributed by atoms with van der Waals surface area (Å²) in [6.45, 7) is 5.05. The first-order chi connectivity index (χ1) is 8.61. The molecule has 0 amide bonds. The summed E-state index contributed by atoms with van der Waals surface area (Å²) in [5.74, 6) is 1.78. The van der Waals surface area contributed by atoms with Crippen molar-refractivity contribution in [2.45, 2.75) is 26.3 Å². The number of aromatic nitrogens is 2. The zero-order valence-electron chi connectivity index (χ0n) is 11.4. The second kappa shape index (κ2) is 5.63. The Kier molecular flexibility index (Phi) is 4.14. The maximum Gasteiger partial charge on any atom is 0.138 e. The Morgan fingerprint density at radius 3 is 2.83 bits per heavy atom. The van der Waals surface area contributed by atoms with Gasteiger partial charge >= 0.3 is 0 Å². The van der Waals surface area contributed by atoms with Gasteiger partial charge in [0.05, 0.1) is 5.39 Å². The third-order valence-electron chi connectivity index (χ3n) is 3.14. The van der Waals surface area contributed by atoms with Crippen LogP contribution in [0.3, 0.4) is 0 Å². The molecule has 0 aliphatic rings. The molecule has 2 rings (SSSR count). The summed E-state index contributed by atoms with van der Waals surface area (Å²) in [7, 11) is 4.22. The SMILES string of the molecule is CCC(CNc1nc(C)nc2sccc12)N(C)C. The molecule has 18 heavy (non-hydrogen) atoms. The number of hydrogen-bond acceptors (Lipinski definition) is 5. The van der Waals surface area contributed by atoms with Crippen LogP contribution in [0.4, 0.5) is 5.82 Å². The smallest absolute Gasteiger partial charge is 0.138 e. The Morgan fingerprint density at radius 1 is 1.39 bits per heavy atom. The predicted molar refractivity (Wildman–Crippen MR) is 78.4 cm³/mol. The fourth-order valence-electron chi connectivity index (χ4n) is 2.00. The molecule has 0 aliphatic heterocycles. The van der Waals surface area contributed by atoms with E-state index in [1.807, 2.05) is 6.92 Å². The molecule has 0 aromatic carbocycles. The first kappa shape index (κ1) is 13.2. The molecule has 0 saturated carbocycles. The van der Waals surface area contributed by atoms with Crippen molar-refractivity contribution in [3.63, 3.8) is 0 Å². The fraction of sp³-hybridized carbons (Fsp3) is 0.538. The third kappa shape index (κ3) is 2.79. The Bertz CT molecular complexity index is 521. The molecule has 0 bridgehead atoms. The lowest BCUT2D eigenvalue weighted by Gasteiger charge is -2.23. The van der Waals surface area contributed by atoms with Crippen LogP contribution in [0.25, 0.3) is 10.2 Å². The molecule has 2 aromatic rings. The maximum absolute atomic E-state index is 4.51. The average molecular weight is 264 g/mol. The third-order valence-corrected chi connectivity index (χ3v) is 3.95. The molecular weight excluding hydrogens is 244 g/mol. The van der Waals surface area contributed by atoms with Gasteiger partial charge in [-0.1, -0.05) is 6.92 Å². The lowest BCUT2D eigenvalue weighted by Crippen LogP contribution is -2.34. The van der Waals surface area contributed by atoms with E-state index in [0.717, 1.165) is 34.8 Å². The Labute approximate surface area is 112 Å². The number of rotatable bonds is 5. The van der Waals surface area contributed by atoms with Crippen molar-refractivity contribution in [2.24, 2.45) is 0 Å². The van der Waals surface area contributed by atoms with Gasteiger partial charge in [-0.15, -0.1) is 11.3 Å². The van der Waals surface area contributed by atoms with Gasteiger partial charge in [-0.05, 0) is 38.9 Å². The van der Waals surface area contributed by atoms with E-state index in [1.54, 1.807) is 11.3 Å². The van der Waals surface area contributed by atoms with Gasteiger partial charge in [-0.2, -0.15) is 0 Å². The number of nitrogens with zero attached hydrogens (tertiary/aromatic N) is 3. The minimum absolute atomic E-state index is 0.522. The largest absolute Gasteiger partial charge is 0.368 e. The summed E-state index contributed by atoms with van der Waals surface area (Å²) in [4.78, 5) is 12.2. The number of likely N-dealkylation sites (N-methyl/N-ethyl adjacent to an activating group) is 1. The van der Waals surface area contributed by atoms with E-state index in [1.165, 1.54) is 0 Å². The summed E-state index contributed by atoms with van der Waals surface area (Å²) in [5.41, 5.74) is 0. The highest BCUT2D eigenvalue weighted by Crippen LogP contribution is 2.24. The lowest BCUT2D eigenvalue weighted by molar-refractivity contribution is 0.298. The lowest BCUT2D eigenvalue weighted by atomic mass is 10.2. The summed E-state index contributed by atoms with van der Waals surface area (Å²) in [5, 5.41) is 6.65. The molecule has 0 aliphatic carbocycles. The van der Waals surface area contributed by atoms with Crippen LogP contribution in [0, 0.1) is 6.92 Å². The number of thiophene rings is 1. The molecule has 4 nitrogen and oxygen atoms in total. The zero-order valence-corrected chi connectivity index (χ0v) is 12.2. The average Bonchev–Trinajstić information content (AvgIpc) is 2.77. The fourth-order valence-corrected chi connectivity index (χ4v) is 2.81. The van der Waals surface area contributed by atoms with Crippen molar-refractivity contribution in [2.75, 3.05) is 26.0 Å². The van der Waals surface area contributed by atoms with Gasteiger partial charge in [0.2, 0.25) is 0 Å². The summed E-state index contributed by atoms with van der Waals surface area (Å²) in [6, 6.07) is 2.60. The summed E-state index contributed by atoms with van der Waals surface area (Å²) < 4.78 is 0. The molecule has 0 saturated heterocycles. The molecule has 1 atom stereocenters. The van der Waals surface area contributed by atoms with Crippen LogP contribution in [-0.2, 0) is 0 Å². The quantitative estimate of drug-likeness (QED) is 0.901. The molecule has 1 N–H and O–H groups in total. The molecule has 2 heterocycles. The highest BCUT2D eigenvalue weighted by atomic mass is 32.1. The Morgan fingerprint density at radius 2 is 2.17 bits per heavy atom. The van der Waals surface area contributed by atoms with Crippen molar-refractivity contribution in [1.82, 2.24) is 14.9 Å². The molecule has 0 radical (unpaired) electrons.